The largest absolute Gasteiger partial charge is 0.497 e. The molecule has 4 N–H and O–H groups in total. The smallest absolute Gasteiger partial charge is 0.223 e. The van der Waals surface area contributed by atoms with Crippen molar-refractivity contribution in [3.63, 3.8) is 0 Å². The Morgan fingerprint density at radius 1 is 1.33 bits per heavy atom. The Kier molecular flexibility index (Phi) is 6.72. The summed E-state index contributed by atoms with van der Waals surface area (Å²) in [6.07, 6.45) is 3.95. The number of rotatable bonds is 8. The second-order valence-corrected chi connectivity index (χ2v) is 5.73. The first-order valence-electron chi connectivity index (χ1n) is 8.20. The van der Waals surface area contributed by atoms with Crippen molar-refractivity contribution in [2.45, 2.75) is 25.7 Å². The molecular formula is C17H26N4O3. The van der Waals surface area contributed by atoms with Gasteiger partial charge >= 0.3 is 0 Å². The monoisotopic (exact) mass is 334 g/mol. The zero-order valence-corrected chi connectivity index (χ0v) is 14.3. The van der Waals surface area contributed by atoms with E-state index in [1.165, 1.54) is 0 Å². The number of nitrogens with zero attached hydrogens (tertiary/aromatic N) is 1. The van der Waals surface area contributed by atoms with E-state index in [1.54, 1.807) is 26.4 Å². The molecule has 1 aromatic rings. The fourth-order valence-corrected chi connectivity index (χ4v) is 2.39. The van der Waals surface area contributed by atoms with E-state index in [1.807, 2.05) is 6.07 Å². The molecule has 7 heteroatoms. The first-order valence-corrected chi connectivity index (χ1v) is 8.20. The van der Waals surface area contributed by atoms with Gasteiger partial charge < -0.3 is 25.8 Å². The Bertz CT molecular complexity index is 585. The van der Waals surface area contributed by atoms with E-state index in [0.29, 0.717) is 36.2 Å². The lowest BCUT2D eigenvalue weighted by Crippen LogP contribution is -2.35. The van der Waals surface area contributed by atoms with E-state index in [4.69, 9.17) is 15.2 Å². The molecule has 0 atom stereocenters. The number of hydrogen-bond acceptors (Lipinski definition) is 4. The van der Waals surface area contributed by atoms with Crippen LogP contribution < -0.4 is 25.8 Å². The first kappa shape index (κ1) is 17.9. The molecule has 1 aromatic carbocycles. The minimum absolute atomic E-state index is 0.164. The van der Waals surface area contributed by atoms with Gasteiger partial charge in [0, 0.05) is 25.1 Å². The predicted octanol–water partition coefficient (Wildman–Crippen LogP) is 1.74. The van der Waals surface area contributed by atoms with Crippen molar-refractivity contribution in [3.05, 3.63) is 18.2 Å². The van der Waals surface area contributed by atoms with Crippen molar-refractivity contribution in [2.75, 3.05) is 32.6 Å². The number of carbonyl (C=O) groups is 1. The molecule has 1 amide bonds. The SMILES string of the molecule is COc1ccc(OC)c(NC(N)=NCCCNC(=O)C2CCC2)c1. The zero-order valence-electron chi connectivity index (χ0n) is 14.3. The number of ether oxygens (including phenoxy) is 2. The molecule has 2 rings (SSSR count). The summed E-state index contributed by atoms with van der Waals surface area (Å²) in [5, 5.41) is 5.94. The Morgan fingerprint density at radius 2 is 2.12 bits per heavy atom. The summed E-state index contributed by atoms with van der Waals surface area (Å²) < 4.78 is 10.5. The number of aliphatic imine (C=N–C) groups is 1. The van der Waals surface area contributed by atoms with Crippen molar-refractivity contribution < 1.29 is 14.3 Å². The van der Waals surface area contributed by atoms with Crippen molar-refractivity contribution in [2.24, 2.45) is 16.6 Å². The standard InChI is InChI=1S/C17H26N4O3/c1-23-13-7-8-15(24-2)14(11-13)21-17(18)20-10-4-9-19-16(22)12-5-3-6-12/h7-8,11-12H,3-6,9-10H2,1-2H3,(H,19,22)(H3,18,20,21). The van der Waals surface area contributed by atoms with Crippen LogP contribution in [0.5, 0.6) is 11.5 Å². The molecule has 0 aliphatic heterocycles. The van der Waals surface area contributed by atoms with Crippen LogP contribution in [0.15, 0.2) is 23.2 Å². The normalized spacial score (nSPS) is 14.7. The van der Waals surface area contributed by atoms with Gasteiger partial charge in [0.2, 0.25) is 5.91 Å². The Labute approximate surface area is 142 Å². The van der Waals surface area contributed by atoms with Gasteiger partial charge in [-0.2, -0.15) is 0 Å². The van der Waals surface area contributed by atoms with Gasteiger partial charge in [-0.1, -0.05) is 6.42 Å². The lowest BCUT2D eigenvalue weighted by atomic mass is 9.85. The fraction of sp³-hybridized carbons (Fsp3) is 0.529. The molecule has 132 valence electrons. The maximum absolute atomic E-state index is 11.7. The number of amides is 1. The maximum atomic E-state index is 11.7. The van der Waals surface area contributed by atoms with Gasteiger partial charge in [-0.25, -0.2) is 0 Å². The number of methoxy groups -OCH3 is 2. The van der Waals surface area contributed by atoms with Crippen LogP contribution in [0.25, 0.3) is 0 Å². The van der Waals surface area contributed by atoms with Gasteiger partial charge in [0.15, 0.2) is 5.96 Å². The summed E-state index contributed by atoms with van der Waals surface area (Å²) in [5.74, 6) is 2.04. The molecule has 0 aromatic heterocycles. The third-order valence-electron chi connectivity index (χ3n) is 4.06. The minimum Gasteiger partial charge on any atom is -0.497 e. The second-order valence-electron chi connectivity index (χ2n) is 5.73. The summed E-state index contributed by atoms with van der Waals surface area (Å²) in [5.41, 5.74) is 6.59. The van der Waals surface area contributed by atoms with E-state index in [0.717, 1.165) is 25.7 Å². The summed E-state index contributed by atoms with van der Waals surface area (Å²) in [7, 11) is 3.19. The average molecular weight is 334 g/mol. The first-order chi connectivity index (χ1) is 11.6. The topological polar surface area (TPSA) is 98.0 Å². The van der Waals surface area contributed by atoms with Crippen LogP contribution >= 0.6 is 0 Å². The van der Waals surface area contributed by atoms with E-state index >= 15 is 0 Å². The van der Waals surface area contributed by atoms with Crippen LogP contribution in [-0.4, -0.2) is 39.2 Å². The number of nitrogens with one attached hydrogen (secondary N) is 2. The van der Waals surface area contributed by atoms with Crippen molar-refractivity contribution in [1.82, 2.24) is 5.32 Å². The van der Waals surface area contributed by atoms with E-state index in [2.05, 4.69) is 15.6 Å². The minimum atomic E-state index is 0.164. The zero-order chi connectivity index (χ0) is 17.4. The van der Waals surface area contributed by atoms with Crippen LogP contribution in [0.3, 0.4) is 0 Å². The molecule has 0 saturated heterocycles. The number of nitrogens with two attached hydrogens (primary N) is 1. The van der Waals surface area contributed by atoms with Crippen molar-refractivity contribution in [1.29, 1.82) is 0 Å². The molecule has 0 radical (unpaired) electrons. The Hall–Kier alpha value is -2.44. The lowest BCUT2D eigenvalue weighted by Gasteiger charge is -2.23. The molecule has 1 fully saturated rings. The Morgan fingerprint density at radius 3 is 2.75 bits per heavy atom. The van der Waals surface area contributed by atoms with Gasteiger partial charge in [-0.3, -0.25) is 9.79 Å². The summed E-state index contributed by atoms with van der Waals surface area (Å²) in [4.78, 5) is 15.9. The van der Waals surface area contributed by atoms with E-state index in [9.17, 15) is 4.79 Å². The second kappa shape index (κ2) is 9.00. The molecule has 0 unspecified atom stereocenters. The molecule has 0 bridgehead atoms. The number of carbonyl (C=O) groups excluding carboxylic acids is 1. The van der Waals surface area contributed by atoms with Crippen molar-refractivity contribution >= 4 is 17.6 Å². The summed E-state index contributed by atoms with van der Waals surface area (Å²) in [6, 6.07) is 5.40. The predicted molar refractivity (Wildman–Crippen MR) is 94.6 cm³/mol. The molecule has 7 nitrogen and oxygen atoms in total. The van der Waals surface area contributed by atoms with E-state index < -0.39 is 0 Å². The van der Waals surface area contributed by atoms with Crippen LogP contribution in [0.4, 0.5) is 5.69 Å². The Balaban J connectivity index is 1.76. The lowest BCUT2D eigenvalue weighted by molar-refractivity contribution is -0.127. The molecule has 0 heterocycles. The molecule has 24 heavy (non-hydrogen) atoms. The van der Waals surface area contributed by atoms with E-state index in [-0.39, 0.29) is 11.8 Å². The molecule has 1 aliphatic carbocycles. The third kappa shape index (κ3) is 5.04. The molecular weight excluding hydrogens is 308 g/mol. The van der Waals surface area contributed by atoms with Gasteiger partial charge in [-0.05, 0) is 31.4 Å². The maximum Gasteiger partial charge on any atom is 0.223 e. The molecule has 1 saturated carbocycles. The highest BCUT2D eigenvalue weighted by Gasteiger charge is 2.24. The van der Waals surface area contributed by atoms with Crippen LogP contribution in [0.2, 0.25) is 0 Å². The third-order valence-corrected chi connectivity index (χ3v) is 4.06. The number of benzene rings is 1. The van der Waals surface area contributed by atoms with Gasteiger partial charge in [0.05, 0.1) is 19.9 Å². The fourth-order valence-electron chi connectivity index (χ4n) is 2.39. The van der Waals surface area contributed by atoms with Gasteiger partial charge in [0.25, 0.3) is 0 Å². The molecule has 0 spiro atoms. The van der Waals surface area contributed by atoms with Gasteiger partial charge in [-0.15, -0.1) is 0 Å². The number of hydrogen-bond donors (Lipinski definition) is 3. The van der Waals surface area contributed by atoms with Crippen molar-refractivity contribution in [3.8, 4) is 11.5 Å². The number of guanidine groups is 1. The highest BCUT2D eigenvalue weighted by molar-refractivity contribution is 5.94. The quantitative estimate of drug-likeness (QED) is 0.382. The molecule has 1 aliphatic rings. The van der Waals surface area contributed by atoms with Crippen LogP contribution in [0, 0.1) is 5.92 Å². The highest BCUT2D eigenvalue weighted by atomic mass is 16.5. The number of anilines is 1. The van der Waals surface area contributed by atoms with Crippen LogP contribution in [-0.2, 0) is 4.79 Å². The highest BCUT2D eigenvalue weighted by Crippen LogP contribution is 2.28. The summed E-state index contributed by atoms with van der Waals surface area (Å²) >= 11 is 0. The summed E-state index contributed by atoms with van der Waals surface area (Å²) in [6.45, 7) is 1.16. The van der Waals surface area contributed by atoms with Crippen LogP contribution in [0.1, 0.15) is 25.7 Å². The average Bonchev–Trinajstić information content (AvgIpc) is 2.52. The van der Waals surface area contributed by atoms with Gasteiger partial charge in [0.1, 0.15) is 11.5 Å².